The Morgan fingerprint density at radius 2 is 1.90 bits per heavy atom. The molecule has 0 saturated carbocycles. The van der Waals surface area contributed by atoms with Gasteiger partial charge in [0.05, 0.1) is 18.3 Å². The van der Waals surface area contributed by atoms with Crippen LogP contribution in [0.15, 0.2) is 36.8 Å². The van der Waals surface area contributed by atoms with E-state index in [1.165, 1.54) is 0 Å². The standard InChI is InChI=1S/C19H26B3N7O/c1-27-11-15(10-24-27)13-2-3-14-9-23-18(25-16(14)8-13)26-17(30)12-28-4-6-29(7-5-28)19(20,21)22/h2-3,8-11H,4-7,12,20-22H2,1H3,(H,23,25,26,30). The molecule has 0 bridgehead atoms. The van der Waals surface area contributed by atoms with Crippen molar-refractivity contribution in [3.63, 3.8) is 0 Å². The number of carbonyl (C=O) groups is 1. The van der Waals surface area contributed by atoms with Crippen molar-refractivity contribution in [2.24, 2.45) is 7.05 Å². The molecule has 1 fully saturated rings. The van der Waals surface area contributed by atoms with Gasteiger partial charge in [-0.1, -0.05) is 17.4 Å². The lowest BCUT2D eigenvalue weighted by Gasteiger charge is -2.42. The van der Waals surface area contributed by atoms with Gasteiger partial charge in [-0.3, -0.25) is 19.7 Å². The highest BCUT2D eigenvalue weighted by Gasteiger charge is 2.26. The summed E-state index contributed by atoms with van der Waals surface area (Å²) in [6, 6.07) is 6.01. The molecule has 1 saturated heterocycles. The number of aryl methyl sites for hydroxylation is 1. The van der Waals surface area contributed by atoms with Crippen LogP contribution in [0.25, 0.3) is 22.0 Å². The fourth-order valence-electron chi connectivity index (χ4n) is 3.78. The minimum Gasteiger partial charge on any atom is -0.318 e. The number of nitrogens with zero attached hydrogens (tertiary/aromatic N) is 6. The molecule has 3 heterocycles. The van der Waals surface area contributed by atoms with Gasteiger partial charge in [0, 0.05) is 56.6 Å². The maximum Gasteiger partial charge on any atom is 0.240 e. The number of anilines is 1. The second kappa shape index (κ2) is 8.24. The number of nitrogens with one attached hydrogen (secondary N) is 1. The van der Waals surface area contributed by atoms with Gasteiger partial charge in [0.15, 0.2) is 0 Å². The molecule has 1 amide bonds. The maximum absolute atomic E-state index is 12.5. The second-order valence-electron chi connectivity index (χ2n) is 8.85. The van der Waals surface area contributed by atoms with Gasteiger partial charge in [0.1, 0.15) is 23.5 Å². The Morgan fingerprint density at radius 3 is 2.57 bits per heavy atom. The van der Waals surface area contributed by atoms with Crippen LogP contribution in [-0.4, -0.2) is 97.0 Å². The molecule has 152 valence electrons. The minimum absolute atomic E-state index is 0.0815. The molecule has 0 atom stereocenters. The van der Waals surface area contributed by atoms with Gasteiger partial charge in [-0.15, -0.1) is 0 Å². The number of rotatable bonds is 5. The molecule has 0 unspecified atom stereocenters. The number of hydrogen-bond acceptors (Lipinski definition) is 6. The minimum atomic E-state index is -0.0815. The highest BCUT2D eigenvalue weighted by Crippen LogP contribution is 2.23. The average Bonchev–Trinajstić information content (AvgIpc) is 3.13. The fraction of sp³-hybridized carbons (Fsp3) is 0.368. The van der Waals surface area contributed by atoms with E-state index in [2.05, 4.69) is 53.7 Å². The van der Waals surface area contributed by atoms with Gasteiger partial charge in [0.2, 0.25) is 11.9 Å². The molecule has 4 rings (SSSR count). The van der Waals surface area contributed by atoms with E-state index in [1.807, 2.05) is 37.6 Å². The zero-order chi connectivity index (χ0) is 21.3. The van der Waals surface area contributed by atoms with Gasteiger partial charge in [-0.25, -0.2) is 9.97 Å². The first-order valence-corrected chi connectivity index (χ1v) is 10.3. The molecule has 1 aromatic carbocycles. The van der Waals surface area contributed by atoms with Crippen LogP contribution in [0.3, 0.4) is 0 Å². The topological polar surface area (TPSA) is 79.2 Å². The largest absolute Gasteiger partial charge is 0.318 e. The zero-order valence-electron chi connectivity index (χ0n) is 18.1. The van der Waals surface area contributed by atoms with E-state index in [1.54, 1.807) is 10.9 Å². The molecule has 3 aromatic rings. The summed E-state index contributed by atoms with van der Waals surface area (Å²) in [5, 5.41) is 8.17. The van der Waals surface area contributed by atoms with Crippen molar-refractivity contribution in [3.8, 4) is 11.1 Å². The predicted octanol–water partition coefficient (Wildman–Crippen LogP) is -1.90. The van der Waals surface area contributed by atoms with E-state index in [4.69, 9.17) is 0 Å². The lowest BCUT2D eigenvalue weighted by molar-refractivity contribution is -0.117. The third-order valence-electron chi connectivity index (χ3n) is 5.56. The molecule has 1 aliphatic rings. The molecule has 0 spiro atoms. The summed E-state index contributed by atoms with van der Waals surface area (Å²) in [5.41, 5.74) is 2.85. The average molecular weight is 401 g/mol. The molecule has 0 aliphatic carbocycles. The highest BCUT2D eigenvalue weighted by molar-refractivity contribution is 6.59. The maximum atomic E-state index is 12.5. The molecular formula is C19H26B3N7O. The van der Waals surface area contributed by atoms with Crippen LogP contribution in [0.2, 0.25) is 0 Å². The lowest BCUT2D eigenvalue weighted by Crippen LogP contribution is -2.59. The Morgan fingerprint density at radius 1 is 1.13 bits per heavy atom. The fourth-order valence-corrected chi connectivity index (χ4v) is 3.78. The summed E-state index contributed by atoms with van der Waals surface area (Å²) in [7, 11) is 8.58. The highest BCUT2D eigenvalue weighted by atomic mass is 16.2. The SMILES string of the molecule is BC(B)(B)N1CCN(CC(=O)Nc2ncc3ccc(-c4cnn(C)c4)cc3n2)CC1. The van der Waals surface area contributed by atoms with E-state index >= 15 is 0 Å². The normalized spacial score (nSPS) is 16.0. The number of benzene rings is 1. The number of aromatic nitrogens is 4. The van der Waals surface area contributed by atoms with Crippen LogP contribution >= 0.6 is 0 Å². The van der Waals surface area contributed by atoms with Gasteiger partial charge >= 0.3 is 0 Å². The lowest BCUT2D eigenvalue weighted by atomic mass is 9.48. The predicted molar refractivity (Wildman–Crippen MR) is 127 cm³/mol. The van der Waals surface area contributed by atoms with E-state index in [-0.39, 0.29) is 11.1 Å². The number of piperazine rings is 1. The Balaban J connectivity index is 1.40. The van der Waals surface area contributed by atoms with Crippen molar-refractivity contribution in [3.05, 3.63) is 36.8 Å². The monoisotopic (exact) mass is 401 g/mol. The van der Waals surface area contributed by atoms with E-state index in [0.717, 1.165) is 48.2 Å². The van der Waals surface area contributed by atoms with Crippen molar-refractivity contribution in [1.82, 2.24) is 29.5 Å². The Hall–Kier alpha value is -2.65. The van der Waals surface area contributed by atoms with Gasteiger partial charge in [0.25, 0.3) is 0 Å². The van der Waals surface area contributed by atoms with Crippen LogP contribution in [0.5, 0.6) is 0 Å². The summed E-state index contributed by atoms with van der Waals surface area (Å²) < 4.78 is 1.77. The smallest absolute Gasteiger partial charge is 0.240 e. The molecule has 30 heavy (non-hydrogen) atoms. The molecule has 8 nitrogen and oxygen atoms in total. The molecule has 11 heteroatoms. The van der Waals surface area contributed by atoms with E-state index in [9.17, 15) is 4.79 Å². The first-order chi connectivity index (χ1) is 14.3. The van der Waals surface area contributed by atoms with Crippen molar-refractivity contribution >= 4 is 46.3 Å². The molecule has 1 N–H and O–H groups in total. The number of amides is 1. The van der Waals surface area contributed by atoms with Crippen LogP contribution < -0.4 is 5.32 Å². The molecule has 2 aromatic heterocycles. The van der Waals surface area contributed by atoms with E-state index < -0.39 is 0 Å². The van der Waals surface area contributed by atoms with Crippen LogP contribution in [-0.2, 0) is 11.8 Å². The summed E-state index contributed by atoms with van der Waals surface area (Å²) >= 11 is 0. The van der Waals surface area contributed by atoms with Gasteiger partial charge in [-0.2, -0.15) is 5.10 Å². The molecule has 1 aliphatic heterocycles. The summed E-state index contributed by atoms with van der Waals surface area (Å²) in [5.74, 6) is 0.256. The molecular weight excluding hydrogens is 375 g/mol. The summed E-state index contributed by atoms with van der Waals surface area (Å²) in [4.78, 5) is 26.0. The summed E-state index contributed by atoms with van der Waals surface area (Å²) in [6.45, 7) is 4.07. The Bertz CT molecular complexity index is 1060. The van der Waals surface area contributed by atoms with E-state index in [0.29, 0.717) is 12.5 Å². The number of fused-ring (bicyclic) bond motifs is 1. The number of hydrogen-bond donors (Lipinski definition) is 1. The number of carbonyl (C=O) groups excluding carboxylic acids is 1. The van der Waals surface area contributed by atoms with Gasteiger partial charge in [-0.05, 0) is 11.6 Å². The Kier molecular flexibility index (Phi) is 5.66. The van der Waals surface area contributed by atoms with Crippen molar-refractivity contribution in [2.45, 2.75) is 5.24 Å². The van der Waals surface area contributed by atoms with Crippen LogP contribution in [0, 0.1) is 0 Å². The Labute approximate surface area is 179 Å². The quantitative estimate of drug-likeness (QED) is 0.504. The first-order valence-electron chi connectivity index (χ1n) is 10.3. The van der Waals surface area contributed by atoms with Crippen LogP contribution in [0.4, 0.5) is 5.95 Å². The van der Waals surface area contributed by atoms with Crippen molar-refractivity contribution in [1.29, 1.82) is 0 Å². The van der Waals surface area contributed by atoms with Crippen LogP contribution in [0.1, 0.15) is 0 Å². The third-order valence-corrected chi connectivity index (χ3v) is 5.56. The summed E-state index contributed by atoms with van der Waals surface area (Å²) in [6.07, 6.45) is 5.53. The van der Waals surface area contributed by atoms with Gasteiger partial charge < -0.3 is 4.90 Å². The van der Waals surface area contributed by atoms with Crippen molar-refractivity contribution < 1.29 is 4.79 Å². The molecule has 0 radical (unpaired) electrons. The zero-order valence-corrected chi connectivity index (χ0v) is 18.1. The first kappa shape index (κ1) is 20.6. The third kappa shape index (κ3) is 4.74. The van der Waals surface area contributed by atoms with Crippen molar-refractivity contribution in [2.75, 3.05) is 38.0 Å². The second-order valence-corrected chi connectivity index (χ2v) is 8.85.